The number of rotatable bonds is 12. The summed E-state index contributed by atoms with van der Waals surface area (Å²) < 4.78 is 31.6. The number of nitro groups is 1. The second-order valence-corrected chi connectivity index (χ2v) is 11.1. The first-order valence-electron chi connectivity index (χ1n) is 11.7. The molecule has 0 aromatic heterocycles. The zero-order valence-corrected chi connectivity index (χ0v) is 22.7. The molecule has 1 atom stereocenters. The van der Waals surface area contributed by atoms with E-state index < -0.39 is 33.4 Å². The van der Waals surface area contributed by atoms with Gasteiger partial charge in [0.25, 0.3) is 5.69 Å². The highest BCUT2D eigenvalue weighted by molar-refractivity contribution is 7.92. The molecule has 0 fully saturated rings. The third-order valence-corrected chi connectivity index (χ3v) is 6.90. The molecule has 0 aliphatic rings. The van der Waals surface area contributed by atoms with Gasteiger partial charge in [0, 0.05) is 25.2 Å². The average molecular weight is 535 g/mol. The van der Waals surface area contributed by atoms with Crippen LogP contribution < -0.4 is 14.4 Å². The van der Waals surface area contributed by atoms with Crippen LogP contribution in [0.15, 0.2) is 42.5 Å². The van der Waals surface area contributed by atoms with Gasteiger partial charge >= 0.3 is 0 Å². The second kappa shape index (κ2) is 12.5. The van der Waals surface area contributed by atoms with E-state index in [1.807, 2.05) is 45.0 Å². The molecule has 0 radical (unpaired) electrons. The molecule has 0 unspecified atom stereocenters. The Kier molecular flexibility index (Phi) is 10.0. The van der Waals surface area contributed by atoms with Gasteiger partial charge in [-0.25, -0.2) is 8.42 Å². The number of hydrogen-bond acceptors (Lipinski definition) is 7. The molecular formula is C25H34N4O7S. The van der Waals surface area contributed by atoms with Crippen molar-refractivity contribution in [1.82, 2.24) is 10.2 Å². The molecule has 0 saturated heterocycles. The number of sulfonamides is 1. The van der Waals surface area contributed by atoms with Crippen LogP contribution in [0.5, 0.6) is 5.75 Å². The molecule has 1 N–H and O–H groups in total. The first kappa shape index (κ1) is 29.6. The summed E-state index contributed by atoms with van der Waals surface area (Å²) in [5.41, 5.74) is 1.17. The molecule has 2 aromatic carbocycles. The van der Waals surface area contributed by atoms with E-state index in [1.54, 1.807) is 6.92 Å². The van der Waals surface area contributed by atoms with Gasteiger partial charge in [-0.15, -0.1) is 0 Å². The first-order valence-corrected chi connectivity index (χ1v) is 13.5. The highest BCUT2D eigenvalue weighted by atomic mass is 32.2. The molecule has 2 amide bonds. The standard InChI is InChI=1S/C25H34N4O7S/c1-17(2)14-26-25(31)19(4)27(15-20-10-8-7-9-18(20)3)24(30)16-28(37(6,34)35)22-13-21(29(32)33)11-12-23(22)36-5/h7-13,17,19H,14-16H2,1-6H3,(H,26,31)/t19-/m0/s1. The molecule has 0 aliphatic heterocycles. The molecule has 37 heavy (non-hydrogen) atoms. The lowest BCUT2D eigenvalue weighted by Gasteiger charge is -2.32. The van der Waals surface area contributed by atoms with Crippen molar-refractivity contribution < 1.29 is 27.7 Å². The molecule has 12 heteroatoms. The van der Waals surface area contributed by atoms with Gasteiger partial charge in [-0.05, 0) is 37.0 Å². The Morgan fingerprint density at radius 2 is 1.78 bits per heavy atom. The smallest absolute Gasteiger partial charge is 0.271 e. The Morgan fingerprint density at radius 3 is 2.32 bits per heavy atom. The number of hydrogen-bond donors (Lipinski definition) is 1. The number of ether oxygens (including phenoxy) is 1. The van der Waals surface area contributed by atoms with Crippen LogP contribution >= 0.6 is 0 Å². The lowest BCUT2D eigenvalue weighted by Crippen LogP contribution is -2.51. The predicted molar refractivity (Wildman–Crippen MR) is 141 cm³/mol. The first-order chi connectivity index (χ1) is 17.3. The van der Waals surface area contributed by atoms with Crippen molar-refractivity contribution in [2.24, 2.45) is 5.92 Å². The number of nitrogens with zero attached hydrogens (tertiary/aromatic N) is 3. The summed E-state index contributed by atoms with van der Waals surface area (Å²) in [5.74, 6) is -0.806. The number of nitrogens with one attached hydrogen (secondary N) is 1. The molecule has 0 aliphatic carbocycles. The quantitative estimate of drug-likeness (QED) is 0.326. The monoisotopic (exact) mass is 534 g/mol. The van der Waals surface area contributed by atoms with E-state index in [0.717, 1.165) is 27.8 Å². The molecule has 0 saturated carbocycles. The van der Waals surface area contributed by atoms with Gasteiger partial charge in [0.1, 0.15) is 24.0 Å². The largest absolute Gasteiger partial charge is 0.495 e. The van der Waals surface area contributed by atoms with Gasteiger partial charge in [0.05, 0.1) is 18.3 Å². The fourth-order valence-electron chi connectivity index (χ4n) is 3.59. The number of aryl methyl sites for hydroxylation is 1. The SMILES string of the molecule is COc1ccc([N+](=O)[O-])cc1N(CC(=O)N(Cc1ccccc1C)[C@@H](C)C(=O)NCC(C)C)S(C)(=O)=O. The Labute approximate surface area is 217 Å². The van der Waals surface area contributed by atoms with Crippen LogP contribution in [-0.4, -0.2) is 62.6 Å². The van der Waals surface area contributed by atoms with E-state index in [2.05, 4.69) is 5.32 Å². The molecular weight excluding hydrogens is 500 g/mol. The predicted octanol–water partition coefficient (Wildman–Crippen LogP) is 2.87. The lowest BCUT2D eigenvalue weighted by molar-refractivity contribution is -0.384. The number of amides is 2. The van der Waals surface area contributed by atoms with Crippen molar-refractivity contribution in [2.45, 2.75) is 40.3 Å². The van der Waals surface area contributed by atoms with E-state index in [-0.39, 0.29) is 35.5 Å². The van der Waals surface area contributed by atoms with Gasteiger partial charge in [0.2, 0.25) is 21.8 Å². The summed E-state index contributed by atoms with van der Waals surface area (Å²) in [6.07, 6.45) is 0.892. The van der Waals surface area contributed by atoms with Crippen LogP contribution in [0.25, 0.3) is 0 Å². The Bertz CT molecular complexity index is 1250. The Balaban J connectivity index is 2.51. The number of anilines is 1. The lowest BCUT2D eigenvalue weighted by atomic mass is 10.1. The van der Waals surface area contributed by atoms with E-state index in [4.69, 9.17) is 4.74 Å². The van der Waals surface area contributed by atoms with Crippen molar-refractivity contribution >= 4 is 33.2 Å². The number of carbonyl (C=O) groups is 2. The number of methoxy groups -OCH3 is 1. The van der Waals surface area contributed by atoms with Gasteiger partial charge < -0.3 is 15.0 Å². The number of benzene rings is 2. The Hall–Kier alpha value is -3.67. The van der Waals surface area contributed by atoms with Crippen LogP contribution in [0, 0.1) is 23.0 Å². The second-order valence-electron chi connectivity index (χ2n) is 9.15. The topological polar surface area (TPSA) is 139 Å². The van der Waals surface area contributed by atoms with Crippen LogP contribution in [0.4, 0.5) is 11.4 Å². The summed E-state index contributed by atoms with van der Waals surface area (Å²) in [4.78, 5) is 38.5. The fraction of sp³-hybridized carbons (Fsp3) is 0.440. The Morgan fingerprint density at radius 1 is 1.14 bits per heavy atom. The van der Waals surface area contributed by atoms with Crippen molar-refractivity contribution in [3.63, 3.8) is 0 Å². The minimum absolute atomic E-state index is 0.0389. The summed E-state index contributed by atoms with van der Waals surface area (Å²) >= 11 is 0. The van der Waals surface area contributed by atoms with Crippen molar-refractivity contribution in [3.8, 4) is 5.75 Å². The third kappa shape index (κ3) is 7.91. The van der Waals surface area contributed by atoms with E-state index in [1.165, 1.54) is 24.1 Å². The minimum Gasteiger partial charge on any atom is -0.495 e. The maximum atomic E-state index is 13.7. The van der Waals surface area contributed by atoms with Crippen LogP contribution in [-0.2, 0) is 26.2 Å². The van der Waals surface area contributed by atoms with E-state index >= 15 is 0 Å². The molecule has 202 valence electrons. The van der Waals surface area contributed by atoms with Gasteiger partial charge in [-0.1, -0.05) is 38.1 Å². The average Bonchev–Trinajstić information content (AvgIpc) is 2.83. The minimum atomic E-state index is -4.09. The highest BCUT2D eigenvalue weighted by Gasteiger charge is 2.32. The van der Waals surface area contributed by atoms with Gasteiger partial charge in [-0.2, -0.15) is 0 Å². The van der Waals surface area contributed by atoms with Crippen LogP contribution in [0.2, 0.25) is 0 Å². The number of carbonyl (C=O) groups excluding carboxylic acids is 2. The molecule has 0 spiro atoms. The number of nitro benzene ring substituents is 1. The zero-order valence-electron chi connectivity index (χ0n) is 21.9. The van der Waals surface area contributed by atoms with Crippen LogP contribution in [0.1, 0.15) is 31.9 Å². The van der Waals surface area contributed by atoms with E-state index in [0.29, 0.717) is 6.54 Å². The molecule has 2 rings (SSSR count). The summed E-state index contributed by atoms with van der Waals surface area (Å²) in [6.45, 7) is 7.11. The van der Waals surface area contributed by atoms with Crippen molar-refractivity contribution in [1.29, 1.82) is 0 Å². The molecule has 11 nitrogen and oxygen atoms in total. The van der Waals surface area contributed by atoms with Crippen LogP contribution in [0.3, 0.4) is 0 Å². The van der Waals surface area contributed by atoms with E-state index in [9.17, 15) is 28.1 Å². The fourth-order valence-corrected chi connectivity index (χ4v) is 4.43. The molecule has 0 bridgehead atoms. The normalized spacial score (nSPS) is 12.1. The van der Waals surface area contributed by atoms with Gasteiger partial charge in [-0.3, -0.25) is 24.0 Å². The molecule has 2 aromatic rings. The zero-order chi connectivity index (χ0) is 27.9. The highest BCUT2D eigenvalue weighted by Crippen LogP contribution is 2.34. The van der Waals surface area contributed by atoms with Gasteiger partial charge in [0.15, 0.2) is 0 Å². The maximum Gasteiger partial charge on any atom is 0.271 e. The van der Waals surface area contributed by atoms with Crippen molar-refractivity contribution in [3.05, 3.63) is 63.7 Å². The summed E-state index contributed by atoms with van der Waals surface area (Å²) in [6, 6.07) is 9.93. The number of non-ortho nitro benzene ring substituents is 1. The summed E-state index contributed by atoms with van der Waals surface area (Å²) in [5, 5.41) is 14.2. The third-order valence-electron chi connectivity index (χ3n) is 5.77. The van der Waals surface area contributed by atoms with Crippen molar-refractivity contribution in [2.75, 3.05) is 30.8 Å². The summed E-state index contributed by atoms with van der Waals surface area (Å²) in [7, 11) is -2.80. The maximum absolute atomic E-state index is 13.7. The molecule has 0 heterocycles.